The highest BCUT2D eigenvalue weighted by Crippen LogP contribution is 2.22. The lowest BCUT2D eigenvalue weighted by atomic mass is 10.1. The van der Waals surface area contributed by atoms with Gasteiger partial charge in [-0.2, -0.15) is 0 Å². The summed E-state index contributed by atoms with van der Waals surface area (Å²) in [5, 5.41) is 11.4. The topological polar surface area (TPSA) is 77.2 Å². The normalized spacial score (nSPS) is 10.5. The number of carbonyl (C=O) groups excluding carboxylic acids is 1. The molecule has 1 N–H and O–H groups in total. The molecule has 3 rings (SSSR count). The van der Waals surface area contributed by atoms with Crippen LogP contribution in [-0.2, 0) is 11.3 Å². The number of nitrogens with one attached hydrogen (secondary N) is 1. The van der Waals surface area contributed by atoms with Gasteiger partial charge in [0.25, 0.3) is 0 Å². The number of carbonyl (C=O) groups is 1. The molecule has 1 heterocycles. The molecule has 0 aliphatic heterocycles. The summed E-state index contributed by atoms with van der Waals surface area (Å²) < 4.78 is 10.5. The molecule has 0 spiro atoms. The molecule has 0 aliphatic carbocycles. The summed E-state index contributed by atoms with van der Waals surface area (Å²) in [4.78, 5) is 11.8. The number of aromatic nitrogens is 2. The predicted octanol–water partition coefficient (Wildman–Crippen LogP) is 3.75. The van der Waals surface area contributed by atoms with Crippen molar-refractivity contribution in [1.82, 2.24) is 10.2 Å². The van der Waals surface area contributed by atoms with Crippen LogP contribution in [0.3, 0.4) is 0 Å². The van der Waals surface area contributed by atoms with Crippen LogP contribution in [0.1, 0.15) is 27.4 Å². The quantitative estimate of drug-likeness (QED) is 0.715. The molecule has 0 saturated carbocycles. The molecule has 3 aromatic rings. The van der Waals surface area contributed by atoms with Crippen LogP contribution in [-0.4, -0.2) is 23.3 Å². The van der Waals surface area contributed by atoms with Crippen molar-refractivity contribution in [2.45, 2.75) is 20.4 Å². The first-order valence-corrected chi connectivity index (χ1v) is 7.89. The van der Waals surface area contributed by atoms with Crippen molar-refractivity contribution in [2.75, 3.05) is 12.4 Å². The summed E-state index contributed by atoms with van der Waals surface area (Å²) >= 11 is 0. The second kappa shape index (κ2) is 7.17. The van der Waals surface area contributed by atoms with Gasteiger partial charge in [0.2, 0.25) is 11.8 Å². The molecule has 0 atom stereocenters. The predicted molar refractivity (Wildman–Crippen MR) is 94.3 cm³/mol. The van der Waals surface area contributed by atoms with Gasteiger partial charge in [0.05, 0.1) is 19.2 Å². The fourth-order valence-electron chi connectivity index (χ4n) is 2.49. The van der Waals surface area contributed by atoms with Crippen molar-refractivity contribution in [3.05, 3.63) is 65.0 Å². The molecular formula is C19H19N3O3. The van der Waals surface area contributed by atoms with E-state index >= 15 is 0 Å². The zero-order chi connectivity index (χ0) is 17.8. The minimum absolute atomic E-state index is 0.360. The van der Waals surface area contributed by atoms with Gasteiger partial charge in [0.1, 0.15) is 0 Å². The molecule has 0 saturated heterocycles. The van der Waals surface area contributed by atoms with E-state index in [1.54, 1.807) is 6.07 Å². The minimum Gasteiger partial charge on any atom is -0.465 e. The lowest BCUT2D eigenvalue weighted by Gasteiger charge is -2.08. The van der Waals surface area contributed by atoms with Crippen molar-refractivity contribution >= 4 is 11.7 Å². The molecule has 0 fully saturated rings. The van der Waals surface area contributed by atoms with Crippen LogP contribution in [0.15, 0.2) is 46.9 Å². The van der Waals surface area contributed by atoms with Gasteiger partial charge in [-0.15, -0.1) is 10.2 Å². The third-order valence-electron chi connectivity index (χ3n) is 3.93. The van der Waals surface area contributed by atoms with Gasteiger partial charge in [0.15, 0.2) is 0 Å². The molecule has 0 unspecified atom stereocenters. The fraction of sp³-hybridized carbons (Fsp3) is 0.211. The van der Waals surface area contributed by atoms with Crippen LogP contribution in [0, 0.1) is 13.8 Å². The summed E-state index contributed by atoms with van der Waals surface area (Å²) in [6.07, 6.45) is 0. The number of benzene rings is 2. The third kappa shape index (κ3) is 3.68. The molecular weight excluding hydrogens is 318 g/mol. The van der Waals surface area contributed by atoms with Gasteiger partial charge in [-0.1, -0.05) is 24.3 Å². The first-order valence-electron chi connectivity index (χ1n) is 7.89. The second-order valence-corrected chi connectivity index (χ2v) is 5.69. The second-order valence-electron chi connectivity index (χ2n) is 5.69. The van der Waals surface area contributed by atoms with E-state index in [2.05, 4.69) is 15.5 Å². The highest BCUT2D eigenvalue weighted by molar-refractivity contribution is 5.92. The maximum atomic E-state index is 11.8. The molecule has 1 aromatic heterocycles. The lowest BCUT2D eigenvalue weighted by Crippen LogP contribution is -2.06. The van der Waals surface area contributed by atoms with E-state index in [0.717, 1.165) is 22.4 Å². The molecule has 2 aromatic carbocycles. The molecule has 0 bridgehead atoms. The Labute approximate surface area is 145 Å². The highest BCUT2D eigenvalue weighted by Gasteiger charge is 2.12. The standard InChI is InChI=1S/C19H19N3O3/c1-12-6-4-5-7-15(12)18-22-21-17(25-18)11-20-14-9-8-13(2)16(10-14)19(23)24-3/h4-10,20H,11H2,1-3H3. The summed E-state index contributed by atoms with van der Waals surface area (Å²) in [5.41, 5.74) is 4.16. The maximum absolute atomic E-state index is 11.8. The van der Waals surface area contributed by atoms with Crippen molar-refractivity contribution in [1.29, 1.82) is 0 Å². The van der Waals surface area contributed by atoms with Crippen molar-refractivity contribution in [3.8, 4) is 11.5 Å². The Kier molecular flexibility index (Phi) is 4.79. The van der Waals surface area contributed by atoms with Gasteiger partial charge >= 0.3 is 5.97 Å². The maximum Gasteiger partial charge on any atom is 0.338 e. The van der Waals surface area contributed by atoms with Gasteiger partial charge in [-0.05, 0) is 43.2 Å². The molecule has 128 valence electrons. The average molecular weight is 337 g/mol. The SMILES string of the molecule is COC(=O)c1cc(NCc2nnc(-c3ccccc3C)o2)ccc1C. The first-order chi connectivity index (χ1) is 12.1. The monoisotopic (exact) mass is 337 g/mol. The molecule has 0 aliphatic rings. The Morgan fingerprint density at radius 3 is 2.68 bits per heavy atom. The molecule has 0 amide bonds. The number of methoxy groups -OCH3 is 1. The Bertz CT molecular complexity index is 902. The number of aryl methyl sites for hydroxylation is 2. The van der Waals surface area contributed by atoms with E-state index < -0.39 is 0 Å². The fourth-order valence-corrected chi connectivity index (χ4v) is 2.49. The van der Waals surface area contributed by atoms with Crippen LogP contribution < -0.4 is 5.32 Å². The zero-order valence-corrected chi connectivity index (χ0v) is 14.4. The van der Waals surface area contributed by atoms with Gasteiger partial charge in [-0.25, -0.2) is 4.79 Å². The molecule has 0 radical (unpaired) electrons. The third-order valence-corrected chi connectivity index (χ3v) is 3.93. The molecule has 6 heteroatoms. The first kappa shape index (κ1) is 16.7. The number of esters is 1. The smallest absolute Gasteiger partial charge is 0.338 e. The highest BCUT2D eigenvalue weighted by atomic mass is 16.5. The summed E-state index contributed by atoms with van der Waals surface area (Å²) in [6, 6.07) is 13.3. The van der Waals surface area contributed by atoms with E-state index in [9.17, 15) is 4.79 Å². The van der Waals surface area contributed by atoms with Crippen molar-refractivity contribution in [3.63, 3.8) is 0 Å². The Hall–Kier alpha value is -3.15. The van der Waals surface area contributed by atoms with Crippen molar-refractivity contribution in [2.24, 2.45) is 0 Å². The van der Waals surface area contributed by atoms with E-state index in [4.69, 9.17) is 9.15 Å². The molecule has 25 heavy (non-hydrogen) atoms. The number of ether oxygens (including phenoxy) is 1. The number of hydrogen-bond acceptors (Lipinski definition) is 6. The number of rotatable bonds is 5. The largest absolute Gasteiger partial charge is 0.465 e. The zero-order valence-electron chi connectivity index (χ0n) is 14.4. The summed E-state index contributed by atoms with van der Waals surface area (Å²) in [5.74, 6) is 0.605. The van der Waals surface area contributed by atoms with Gasteiger partial charge in [-0.3, -0.25) is 0 Å². The van der Waals surface area contributed by atoms with E-state index in [1.807, 2.05) is 50.2 Å². The van der Waals surface area contributed by atoms with Crippen LogP contribution in [0.2, 0.25) is 0 Å². The van der Waals surface area contributed by atoms with Crippen LogP contribution >= 0.6 is 0 Å². The number of nitrogens with zero attached hydrogens (tertiary/aromatic N) is 2. The Morgan fingerprint density at radius 1 is 1.12 bits per heavy atom. The lowest BCUT2D eigenvalue weighted by molar-refractivity contribution is 0.0600. The summed E-state index contributed by atoms with van der Waals surface area (Å²) in [7, 11) is 1.37. The van der Waals surface area contributed by atoms with E-state index in [0.29, 0.717) is 23.9 Å². The Balaban J connectivity index is 1.73. The van der Waals surface area contributed by atoms with Crippen LogP contribution in [0.5, 0.6) is 0 Å². The van der Waals surface area contributed by atoms with E-state index in [1.165, 1.54) is 7.11 Å². The number of anilines is 1. The molecule has 6 nitrogen and oxygen atoms in total. The Morgan fingerprint density at radius 2 is 1.92 bits per heavy atom. The van der Waals surface area contributed by atoms with Gasteiger partial charge < -0.3 is 14.5 Å². The minimum atomic E-state index is -0.360. The van der Waals surface area contributed by atoms with Gasteiger partial charge in [0, 0.05) is 11.3 Å². The van der Waals surface area contributed by atoms with Crippen molar-refractivity contribution < 1.29 is 13.9 Å². The number of hydrogen-bond donors (Lipinski definition) is 1. The van der Waals surface area contributed by atoms with Crippen LogP contribution in [0.25, 0.3) is 11.5 Å². The van der Waals surface area contributed by atoms with Crippen LogP contribution in [0.4, 0.5) is 5.69 Å². The summed E-state index contributed by atoms with van der Waals surface area (Å²) in [6.45, 7) is 4.23. The average Bonchev–Trinajstić information content (AvgIpc) is 3.09. The van der Waals surface area contributed by atoms with E-state index in [-0.39, 0.29) is 5.97 Å².